The van der Waals surface area contributed by atoms with Gasteiger partial charge in [-0.1, -0.05) is 17.3 Å². The van der Waals surface area contributed by atoms with Gasteiger partial charge in [-0.25, -0.2) is 4.39 Å². The average Bonchev–Trinajstić information content (AvgIpc) is 3.34. The number of hydrogen-bond donors (Lipinski definition) is 0. The molecule has 2 unspecified atom stereocenters. The number of carbonyl (C=O) groups is 1. The van der Waals surface area contributed by atoms with Crippen molar-refractivity contribution in [2.75, 3.05) is 20.1 Å². The normalized spacial score (nSPS) is 24.2. The molecule has 6 heteroatoms. The van der Waals surface area contributed by atoms with E-state index < -0.39 is 0 Å². The molecule has 0 spiro atoms. The van der Waals surface area contributed by atoms with Crippen LogP contribution in [0.3, 0.4) is 0 Å². The minimum Gasteiger partial charge on any atom is -0.350 e. The Hall–Kier alpha value is -2.21. The summed E-state index contributed by atoms with van der Waals surface area (Å²) in [6, 6.07) is 8.42. The first-order chi connectivity index (χ1) is 12.1. The van der Waals surface area contributed by atoms with Crippen LogP contribution in [0.4, 0.5) is 4.39 Å². The van der Waals surface area contributed by atoms with E-state index in [4.69, 9.17) is 4.52 Å². The van der Waals surface area contributed by atoms with Gasteiger partial charge in [0, 0.05) is 30.3 Å². The van der Waals surface area contributed by atoms with Crippen molar-refractivity contribution in [3.8, 4) is 11.3 Å². The van der Waals surface area contributed by atoms with Crippen LogP contribution in [0.15, 0.2) is 34.9 Å². The number of nitrogens with zero attached hydrogens (tertiary/aromatic N) is 3. The van der Waals surface area contributed by atoms with Gasteiger partial charge in [-0.2, -0.15) is 0 Å². The van der Waals surface area contributed by atoms with E-state index in [0.717, 1.165) is 32.4 Å². The van der Waals surface area contributed by atoms with Crippen LogP contribution in [0.25, 0.3) is 11.3 Å². The monoisotopic (exact) mass is 343 g/mol. The maximum Gasteiger partial charge on any atom is 0.292 e. The number of amides is 1. The molecule has 2 saturated heterocycles. The Kier molecular flexibility index (Phi) is 4.29. The van der Waals surface area contributed by atoms with Gasteiger partial charge in [0.05, 0.1) is 0 Å². The zero-order chi connectivity index (χ0) is 17.4. The molecule has 1 aromatic heterocycles. The number of rotatable bonds is 3. The Labute approximate surface area is 146 Å². The average molecular weight is 343 g/mol. The van der Waals surface area contributed by atoms with Gasteiger partial charge < -0.3 is 14.3 Å². The lowest BCUT2D eigenvalue weighted by Gasteiger charge is -2.32. The molecule has 0 bridgehead atoms. The molecule has 2 fully saturated rings. The van der Waals surface area contributed by atoms with Crippen LogP contribution < -0.4 is 0 Å². The Bertz CT molecular complexity index is 776. The van der Waals surface area contributed by atoms with Gasteiger partial charge in [-0.15, -0.1) is 0 Å². The van der Waals surface area contributed by atoms with Crippen LogP contribution in [-0.2, 0) is 0 Å². The molecule has 4 rings (SSSR count). The third-order valence-corrected chi connectivity index (χ3v) is 5.42. The molecule has 2 aromatic rings. The maximum absolute atomic E-state index is 13.4. The van der Waals surface area contributed by atoms with Crippen molar-refractivity contribution in [2.45, 2.75) is 37.8 Å². The van der Waals surface area contributed by atoms with Crippen molar-refractivity contribution >= 4 is 5.91 Å². The van der Waals surface area contributed by atoms with Crippen LogP contribution >= 0.6 is 0 Å². The van der Waals surface area contributed by atoms with Gasteiger partial charge in [0.25, 0.3) is 5.91 Å². The van der Waals surface area contributed by atoms with Gasteiger partial charge in [-0.3, -0.25) is 4.79 Å². The molecule has 2 aliphatic heterocycles. The highest BCUT2D eigenvalue weighted by molar-refractivity contribution is 5.92. The van der Waals surface area contributed by atoms with E-state index in [-0.39, 0.29) is 23.5 Å². The summed E-state index contributed by atoms with van der Waals surface area (Å²) in [5.74, 6) is -0.220. The predicted molar refractivity (Wildman–Crippen MR) is 91.6 cm³/mol. The Morgan fingerprint density at radius 2 is 2.00 bits per heavy atom. The molecular weight excluding hydrogens is 321 g/mol. The smallest absolute Gasteiger partial charge is 0.292 e. The lowest BCUT2D eigenvalue weighted by Crippen LogP contribution is -2.47. The van der Waals surface area contributed by atoms with Gasteiger partial charge in [0.1, 0.15) is 11.5 Å². The quantitative estimate of drug-likeness (QED) is 0.859. The fraction of sp³-hybridized carbons (Fsp3) is 0.474. The molecule has 0 aliphatic carbocycles. The summed E-state index contributed by atoms with van der Waals surface area (Å²) in [7, 11) is 2.13. The van der Waals surface area contributed by atoms with Crippen LogP contribution in [0.1, 0.15) is 36.2 Å². The number of benzene rings is 1. The highest BCUT2D eigenvalue weighted by atomic mass is 19.1. The number of aromatic nitrogens is 1. The van der Waals surface area contributed by atoms with Crippen molar-refractivity contribution in [2.24, 2.45) is 0 Å². The molecule has 1 amide bonds. The van der Waals surface area contributed by atoms with Crippen molar-refractivity contribution in [3.63, 3.8) is 0 Å². The summed E-state index contributed by atoms with van der Waals surface area (Å²) < 4.78 is 18.7. The molecule has 5 nitrogen and oxygen atoms in total. The largest absolute Gasteiger partial charge is 0.350 e. The summed E-state index contributed by atoms with van der Waals surface area (Å²) in [5.41, 5.74) is 1.09. The van der Waals surface area contributed by atoms with E-state index in [2.05, 4.69) is 17.1 Å². The summed E-state index contributed by atoms with van der Waals surface area (Å²) >= 11 is 0. The molecule has 0 N–H and O–H groups in total. The summed E-state index contributed by atoms with van der Waals surface area (Å²) in [4.78, 5) is 17.2. The minimum atomic E-state index is -0.336. The van der Waals surface area contributed by atoms with E-state index in [1.54, 1.807) is 18.2 Å². The fourth-order valence-corrected chi connectivity index (χ4v) is 4.17. The number of likely N-dealkylation sites (tertiary alicyclic amines) is 2. The van der Waals surface area contributed by atoms with Gasteiger partial charge in [-0.05, 0) is 51.4 Å². The van der Waals surface area contributed by atoms with Crippen molar-refractivity contribution < 1.29 is 13.7 Å². The zero-order valence-corrected chi connectivity index (χ0v) is 14.3. The zero-order valence-electron chi connectivity index (χ0n) is 14.3. The van der Waals surface area contributed by atoms with Crippen molar-refractivity contribution in [3.05, 3.63) is 41.9 Å². The lowest BCUT2D eigenvalue weighted by atomic mass is 10.0. The second kappa shape index (κ2) is 6.59. The van der Waals surface area contributed by atoms with Crippen LogP contribution in [-0.4, -0.2) is 53.1 Å². The lowest BCUT2D eigenvalue weighted by molar-refractivity contribution is 0.0623. The first-order valence-electron chi connectivity index (χ1n) is 8.87. The van der Waals surface area contributed by atoms with Gasteiger partial charge >= 0.3 is 0 Å². The van der Waals surface area contributed by atoms with E-state index in [1.807, 2.05) is 4.90 Å². The molecule has 2 aliphatic rings. The summed E-state index contributed by atoms with van der Waals surface area (Å²) in [6.45, 7) is 1.85. The molecule has 25 heavy (non-hydrogen) atoms. The van der Waals surface area contributed by atoms with Gasteiger partial charge in [0.2, 0.25) is 5.76 Å². The molecule has 132 valence electrons. The third kappa shape index (κ3) is 3.06. The number of carbonyl (C=O) groups excluding carboxylic acids is 1. The van der Waals surface area contributed by atoms with Crippen LogP contribution in [0, 0.1) is 5.82 Å². The van der Waals surface area contributed by atoms with E-state index in [1.165, 1.54) is 18.6 Å². The molecule has 3 heterocycles. The SMILES string of the molecule is CN1CCCC1C1CCCN1C(=O)c1cc(-c2cccc(F)c2)no1. The number of likely N-dealkylation sites (N-methyl/N-ethyl adjacent to an activating group) is 1. The molecule has 1 aromatic carbocycles. The molecule has 0 saturated carbocycles. The second-order valence-electron chi connectivity index (χ2n) is 6.99. The minimum absolute atomic E-state index is 0.113. The topological polar surface area (TPSA) is 49.6 Å². The van der Waals surface area contributed by atoms with Gasteiger partial charge in [0.15, 0.2) is 0 Å². The molecule has 2 atom stereocenters. The fourth-order valence-electron chi connectivity index (χ4n) is 4.17. The molecular formula is C19H22FN3O2. The number of hydrogen-bond acceptors (Lipinski definition) is 4. The highest BCUT2D eigenvalue weighted by Crippen LogP contribution is 2.30. The standard InChI is InChI=1S/C19H22FN3O2/c1-22-9-3-7-16(22)17-8-4-10-23(17)19(24)18-12-15(21-25-18)13-5-2-6-14(20)11-13/h2,5-6,11-12,16-17H,3-4,7-10H2,1H3. The second-order valence-corrected chi connectivity index (χ2v) is 6.99. The first-order valence-corrected chi connectivity index (χ1v) is 8.87. The number of halogens is 1. The van der Waals surface area contributed by atoms with E-state index in [9.17, 15) is 9.18 Å². The Morgan fingerprint density at radius 3 is 2.76 bits per heavy atom. The predicted octanol–water partition coefficient (Wildman–Crippen LogP) is 3.18. The third-order valence-electron chi connectivity index (χ3n) is 5.42. The Morgan fingerprint density at radius 1 is 1.20 bits per heavy atom. The van der Waals surface area contributed by atoms with Crippen LogP contribution in [0.2, 0.25) is 0 Å². The first kappa shape index (κ1) is 16.3. The maximum atomic E-state index is 13.4. The van der Waals surface area contributed by atoms with Crippen molar-refractivity contribution in [1.82, 2.24) is 15.0 Å². The van der Waals surface area contributed by atoms with E-state index in [0.29, 0.717) is 17.3 Å². The Balaban J connectivity index is 1.54. The van der Waals surface area contributed by atoms with Crippen LogP contribution in [0.5, 0.6) is 0 Å². The van der Waals surface area contributed by atoms with Crippen molar-refractivity contribution in [1.29, 1.82) is 0 Å². The molecule has 0 radical (unpaired) electrons. The summed E-state index contributed by atoms with van der Waals surface area (Å²) in [5, 5.41) is 3.96. The summed E-state index contributed by atoms with van der Waals surface area (Å²) in [6.07, 6.45) is 4.37. The highest BCUT2D eigenvalue weighted by Gasteiger charge is 2.39. The van der Waals surface area contributed by atoms with E-state index >= 15 is 0 Å².